The second-order valence-electron chi connectivity index (χ2n) is 5.55. The molecule has 6 heteroatoms. The van der Waals surface area contributed by atoms with Crippen molar-refractivity contribution in [3.63, 3.8) is 0 Å². The number of nitrogens with one attached hydrogen (secondary N) is 2. The summed E-state index contributed by atoms with van der Waals surface area (Å²) in [6.07, 6.45) is 6.03. The molecular formula is C14H26N2O4. The summed E-state index contributed by atoms with van der Waals surface area (Å²) in [6.45, 7) is 4.27. The second-order valence-corrected chi connectivity index (χ2v) is 5.55. The van der Waals surface area contributed by atoms with Gasteiger partial charge in [-0.05, 0) is 26.2 Å². The molecule has 1 saturated carbocycles. The van der Waals surface area contributed by atoms with Crippen LogP contribution in [0.2, 0.25) is 0 Å². The van der Waals surface area contributed by atoms with Crippen molar-refractivity contribution in [2.75, 3.05) is 13.2 Å². The summed E-state index contributed by atoms with van der Waals surface area (Å²) in [5.41, 5.74) is -1.22. The first-order chi connectivity index (χ1) is 9.48. The normalized spacial score (nSPS) is 18.5. The quantitative estimate of drug-likeness (QED) is 0.595. The van der Waals surface area contributed by atoms with E-state index < -0.39 is 17.5 Å². The molecule has 116 valence electrons. The number of carboxylic acid groups (broad SMARTS) is 1. The first kappa shape index (κ1) is 16.8. The summed E-state index contributed by atoms with van der Waals surface area (Å²) in [7, 11) is 0. The Bertz CT molecular complexity index is 329. The first-order valence-electron chi connectivity index (χ1n) is 7.39. The van der Waals surface area contributed by atoms with E-state index in [1.54, 1.807) is 0 Å². The lowest BCUT2D eigenvalue weighted by Crippen LogP contribution is -2.55. The van der Waals surface area contributed by atoms with Gasteiger partial charge in [0.1, 0.15) is 5.54 Å². The summed E-state index contributed by atoms with van der Waals surface area (Å²) in [5.74, 6) is -1.02. The molecule has 0 aromatic rings. The molecule has 0 bridgehead atoms. The lowest BCUT2D eigenvalue weighted by Gasteiger charge is -2.25. The smallest absolute Gasteiger partial charge is 0.329 e. The minimum absolute atomic E-state index is 0.323. The van der Waals surface area contributed by atoms with Gasteiger partial charge in [-0.25, -0.2) is 9.59 Å². The van der Waals surface area contributed by atoms with Crippen molar-refractivity contribution in [2.45, 2.75) is 64.0 Å². The highest BCUT2D eigenvalue weighted by Gasteiger charge is 2.33. The molecule has 2 amide bonds. The van der Waals surface area contributed by atoms with Crippen LogP contribution in [0.15, 0.2) is 0 Å². The lowest BCUT2D eigenvalue weighted by molar-refractivity contribution is -0.144. The van der Waals surface area contributed by atoms with E-state index in [0.717, 1.165) is 12.8 Å². The Morgan fingerprint density at radius 3 is 2.55 bits per heavy atom. The molecule has 1 rings (SSSR count). The van der Waals surface area contributed by atoms with Gasteiger partial charge in [-0.15, -0.1) is 0 Å². The molecule has 0 saturated heterocycles. The first-order valence-corrected chi connectivity index (χ1v) is 7.39. The zero-order valence-electron chi connectivity index (χ0n) is 12.4. The average molecular weight is 286 g/mol. The molecule has 1 atom stereocenters. The lowest BCUT2D eigenvalue weighted by atomic mass is 9.97. The predicted molar refractivity (Wildman–Crippen MR) is 75.7 cm³/mol. The van der Waals surface area contributed by atoms with Gasteiger partial charge in [0.2, 0.25) is 0 Å². The van der Waals surface area contributed by atoms with Crippen LogP contribution in [0.3, 0.4) is 0 Å². The van der Waals surface area contributed by atoms with Crippen molar-refractivity contribution in [2.24, 2.45) is 0 Å². The van der Waals surface area contributed by atoms with Crippen LogP contribution in [0, 0.1) is 0 Å². The van der Waals surface area contributed by atoms with Crippen LogP contribution in [0.5, 0.6) is 0 Å². The third-order valence-corrected chi connectivity index (χ3v) is 3.65. The van der Waals surface area contributed by atoms with Gasteiger partial charge in [0.05, 0.1) is 12.7 Å². The van der Waals surface area contributed by atoms with E-state index in [0.29, 0.717) is 32.1 Å². The van der Waals surface area contributed by atoms with Gasteiger partial charge in [-0.2, -0.15) is 0 Å². The summed E-state index contributed by atoms with van der Waals surface area (Å²) in [6, 6.07) is -0.460. The van der Waals surface area contributed by atoms with Crippen molar-refractivity contribution in [1.82, 2.24) is 10.6 Å². The molecule has 1 aliphatic rings. The molecular weight excluding hydrogens is 260 g/mol. The maximum Gasteiger partial charge on any atom is 0.329 e. The largest absolute Gasteiger partial charge is 0.480 e. The van der Waals surface area contributed by atoms with Crippen molar-refractivity contribution < 1.29 is 19.4 Å². The molecule has 0 aromatic carbocycles. The summed E-state index contributed by atoms with van der Waals surface area (Å²) in [4.78, 5) is 22.9. The molecule has 1 fully saturated rings. The van der Waals surface area contributed by atoms with E-state index in [1.165, 1.54) is 19.8 Å². The fourth-order valence-electron chi connectivity index (χ4n) is 2.46. The standard InChI is InChI=1S/C14H26N2O4/c1-3-8-14(2,12(17)18)16-13(19)15-9-10-20-11-6-4-5-7-11/h11H,3-10H2,1-2H3,(H,17,18)(H2,15,16,19). The van der Waals surface area contributed by atoms with Crippen LogP contribution in [-0.4, -0.2) is 41.9 Å². The molecule has 0 spiro atoms. The fourth-order valence-corrected chi connectivity index (χ4v) is 2.46. The Morgan fingerprint density at radius 2 is 2.00 bits per heavy atom. The number of carboxylic acids is 1. The topological polar surface area (TPSA) is 87.7 Å². The maximum absolute atomic E-state index is 11.7. The van der Waals surface area contributed by atoms with Gasteiger partial charge in [-0.1, -0.05) is 26.2 Å². The van der Waals surface area contributed by atoms with E-state index in [2.05, 4.69) is 10.6 Å². The van der Waals surface area contributed by atoms with Crippen molar-refractivity contribution in [1.29, 1.82) is 0 Å². The molecule has 3 N–H and O–H groups in total. The van der Waals surface area contributed by atoms with Crippen LogP contribution in [0.25, 0.3) is 0 Å². The van der Waals surface area contributed by atoms with E-state index in [-0.39, 0.29) is 0 Å². The Kier molecular flexibility index (Phi) is 6.78. The minimum atomic E-state index is -1.22. The van der Waals surface area contributed by atoms with Gasteiger partial charge in [0, 0.05) is 6.54 Å². The average Bonchev–Trinajstić information content (AvgIpc) is 2.87. The number of hydrogen-bond acceptors (Lipinski definition) is 3. The third kappa shape index (κ3) is 5.36. The number of rotatable bonds is 8. The highest BCUT2D eigenvalue weighted by molar-refractivity contribution is 5.85. The van der Waals surface area contributed by atoms with Gasteiger partial charge in [-0.3, -0.25) is 0 Å². The van der Waals surface area contributed by atoms with Crippen molar-refractivity contribution >= 4 is 12.0 Å². The maximum atomic E-state index is 11.7. The van der Waals surface area contributed by atoms with Gasteiger partial charge in [0.25, 0.3) is 0 Å². The summed E-state index contributed by atoms with van der Waals surface area (Å²) < 4.78 is 5.62. The molecule has 0 radical (unpaired) electrons. The molecule has 20 heavy (non-hydrogen) atoms. The number of carbonyl (C=O) groups excluding carboxylic acids is 1. The van der Waals surface area contributed by atoms with Crippen molar-refractivity contribution in [3.05, 3.63) is 0 Å². The Labute approximate surface area is 120 Å². The number of aliphatic carboxylic acids is 1. The zero-order valence-corrected chi connectivity index (χ0v) is 12.4. The number of hydrogen-bond donors (Lipinski definition) is 3. The highest BCUT2D eigenvalue weighted by Crippen LogP contribution is 2.20. The van der Waals surface area contributed by atoms with Gasteiger partial charge < -0.3 is 20.5 Å². The molecule has 0 aliphatic heterocycles. The van der Waals surface area contributed by atoms with E-state index in [9.17, 15) is 9.59 Å². The molecule has 0 aromatic heterocycles. The summed E-state index contributed by atoms with van der Waals surface area (Å²) >= 11 is 0. The molecule has 1 unspecified atom stereocenters. The van der Waals surface area contributed by atoms with Crippen LogP contribution >= 0.6 is 0 Å². The molecule has 1 aliphatic carbocycles. The summed E-state index contributed by atoms with van der Waals surface area (Å²) in [5, 5.41) is 14.3. The van der Waals surface area contributed by atoms with Crippen LogP contribution < -0.4 is 10.6 Å². The second kappa shape index (κ2) is 8.09. The predicted octanol–water partition coefficient (Wildman–Crippen LogP) is 1.89. The van der Waals surface area contributed by atoms with Crippen LogP contribution in [-0.2, 0) is 9.53 Å². The molecule has 6 nitrogen and oxygen atoms in total. The van der Waals surface area contributed by atoms with E-state index in [4.69, 9.17) is 9.84 Å². The van der Waals surface area contributed by atoms with Gasteiger partial charge in [0.15, 0.2) is 0 Å². The number of carbonyl (C=O) groups is 2. The monoisotopic (exact) mass is 286 g/mol. The van der Waals surface area contributed by atoms with Crippen LogP contribution in [0.1, 0.15) is 52.4 Å². The minimum Gasteiger partial charge on any atom is -0.480 e. The number of amides is 2. The van der Waals surface area contributed by atoms with Crippen molar-refractivity contribution in [3.8, 4) is 0 Å². The van der Waals surface area contributed by atoms with E-state index >= 15 is 0 Å². The SMILES string of the molecule is CCCC(C)(NC(=O)NCCOC1CCCC1)C(=O)O. The number of urea groups is 1. The zero-order chi connectivity index (χ0) is 15.0. The van der Waals surface area contributed by atoms with Crippen LogP contribution in [0.4, 0.5) is 4.79 Å². The third-order valence-electron chi connectivity index (χ3n) is 3.65. The molecule has 0 heterocycles. The number of ether oxygens (including phenoxy) is 1. The Balaban J connectivity index is 2.22. The van der Waals surface area contributed by atoms with Gasteiger partial charge >= 0.3 is 12.0 Å². The Morgan fingerprint density at radius 1 is 1.35 bits per heavy atom. The highest BCUT2D eigenvalue weighted by atomic mass is 16.5. The fraction of sp³-hybridized carbons (Fsp3) is 0.857. The Hall–Kier alpha value is -1.30. The van der Waals surface area contributed by atoms with E-state index in [1.807, 2.05) is 6.92 Å².